The summed E-state index contributed by atoms with van der Waals surface area (Å²) < 4.78 is 22.4. The molecular weight excluding hydrogens is 466 g/mol. The summed E-state index contributed by atoms with van der Waals surface area (Å²) in [5, 5.41) is 5.49. The van der Waals surface area contributed by atoms with Gasteiger partial charge in [0.2, 0.25) is 0 Å². The standard InChI is InChI=1S/C28H26ClNO5/c1-4-34-25-12-10-20(28(31)30-24-16-26(32-2)23(29)15-27(24)33-3)13-21(25)17-35-22-11-9-18-7-5-6-8-19(18)14-22/h5-16H,4,17H2,1-3H3,(H,30,31). The van der Waals surface area contributed by atoms with Crippen LogP contribution in [-0.2, 0) is 6.61 Å². The molecule has 180 valence electrons. The van der Waals surface area contributed by atoms with E-state index in [9.17, 15) is 4.79 Å². The van der Waals surface area contributed by atoms with Gasteiger partial charge in [-0.3, -0.25) is 4.79 Å². The van der Waals surface area contributed by atoms with Crippen LogP contribution in [-0.4, -0.2) is 26.7 Å². The molecule has 1 amide bonds. The monoisotopic (exact) mass is 491 g/mol. The number of anilines is 1. The maximum absolute atomic E-state index is 13.1. The zero-order chi connectivity index (χ0) is 24.8. The predicted octanol–water partition coefficient (Wildman–Crippen LogP) is 6.74. The summed E-state index contributed by atoms with van der Waals surface area (Å²) in [5.74, 6) is 1.94. The average molecular weight is 492 g/mol. The maximum atomic E-state index is 13.1. The van der Waals surface area contributed by atoms with Crippen molar-refractivity contribution < 1.29 is 23.7 Å². The van der Waals surface area contributed by atoms with E-state index in [4.69, 9.17) is 30.5 Å². The Balaban J connectivity index is 1.57. The number of rotatable bonds is 9. The van der Waals surface area contributed by atoms with E-state index in [-0.39, 0.29) is 12.5 Å². The third kappa shape index (κ3) is 5.61. The van der Waals surface area contributed by atoms with E-state index < -0.39 is 0 Å². The number of carbonyl (C=O) groups excluding carboxylic acids is 1. The van der Waals surface area contributed by atoms with Gasteiger partial charge in [0.15, 0.2) is 0 Å². The minimum atomic E-state index is -0.317. The van der Waals surface area contributed by atoms with E-state index in [0.29, 0.717) is 40.1 Å². The van der Waals surface area contributed by atoms with Gasteiger partial charge in [-0.2, -0.15) is 0 Å². The Morgan fingerprint density at radius 1 is 0.829 bits per heavy atom. The van der Waals surface area contributed by atoms with E-state index in [1.807, 2.05) is 43.3 Å². The van der Waals surface area contributed by atoms with Crippen LogP contribution in [0.1, 0.15) is 22.8 Å². The molecule has 0 aromatic heterocycles. The smallest absolute Gasteiger partial charge is 0.255 e. The van der Waals surface area contributed by atoms with Crippen LogP contribution in [0.4, 0.5) is 5.69 Å². The Morgan fingerprint density at radius 3 is 2.34 bits per heavy atom. The number of hydrogen-bond acceptors (Lipinski definition) is 5. The minimum Gasteiger partial charge on any atom is -0.495 e. The number of nitrogens with one attached hydrogen (secondary N) is 1. The first-order valence-corrected chi connectivity index (χ1v) is 11.5. The largest absolute Gasteiger partial charge is 0.495 e. The Kier molecular flexibility index (Phi) is 7.63. The zero-order valence-electron chi connectivity index (χ0n) is 19.8. The number of amides is 1. The SMILES string of the molecule is CCOc1ccc(C(=O)Nc2cc(OC)c(Cl)cc2OC)cc1COc1ccc2ccccc2c1. The summed E-state index contributed by atoms with van der Waals surface area (Å²) >= 11 is 6.17. The molecule has 0 saturated heterocycles. The Bertz CT molecular complexity index is 1350. The average Bonchev–Trinajstić information content (AvgIpc) is 2.88. The van der Waals surface area contributed by atoms with Crippen LogP contribution in [0.3, 0.4) is 0 Å². The van der Waals surface area contributed by atoms with Crippen molar-refractivity contribution >= 4 is 34.0 Å². The van der Waals surface area contributed by atoms with Crippen LogP contribution in [0.2, 0.25) is 5.02 Å². The Hall–Kier alpha value is -3.90. The molecule has 0 radical (unpaired) electrons. The van der Waals surface area contributed by atoms with Crippen LogP contribution < -0.4 is 24.3 Å². The lowest BCUT2D eigenvalue weighted by atomic mass is 10.1. The highest BCUT2D eigenvalue weighted by Crippen LogP contribution is 2.36. The lowest BCUT2D eigenvalue weighted by Gasteiger charge is -2.15. The molecule has 6 nitrogen and oxygen atoms in total. The highest BCUT2D eigenvalue weighted by Gasteiger charge is 2.16. The van der Waals surface area contributed by atoms with Crippen molar-refractivity contribution in [2.45, 2.75) is 13.5 Å². The number of methoxy groups -OCH3 is 2. The number of benzene rings is 4. The number of ether oxygens (including phenoxy) is 4. The lowest BCUT2D eigenvalue weighted by Crippen LogP contribution is -2.14. The van der Waals surface area contributed by atoms with Gasteiger partial charge in [0.1, 0.15) is 29.6 Å². The minimum absolute atomic E-state index is 0.243. The second-order valence-electron chi connectivity index (χ2n) is 7.69. The fourth-order valence-electron chi connectivity index (χ4n) is 3.70. The molecule has 4 aromatic carbocycles. The van der Waals surface area contributed by atoms with Gasteiger partial charge in [0.25, 0.3) is 5.91 Å². The summed E-state index contributed by atoms with van der Waals surface area (Å²) in [6.45, 7) is 2.65. The van der Waals surface area contributed by atoms with E-state index in [2.05, 4.69) is 11.4 Å². The van der Waals surface area contributed by atoms with Gasteiger partial charge in [-0.05, 0) is 48.0 Å². The highest BCUT2D eigenvalue weighted by atomic mass is 35.5. The molecule has 0 fully saturated rings. The molecule has 0 heterocycles. The summed E-state index contributed by atoms with van der Waals surface area (Å²) in [7, 11) is 3.01. The van der Waals surface area contributed by atoms with Crippen LogP contribution in [0.15, 0.2) is 72.8 Å². The molecule has 7 heteroatoms. The fourth-order valence-corrected chi connectivity index (χ4v) is 3.93. The fraction of sp³-hybridized carbons (Fsp3) is 0.179. The molecule has 0 atom stereocenters. The summed E-state index contributed by atoms with van der Waals surface area (Å²) in [6, 6.07) is 22.5. The molecule has 1 N–H and O–H groups in total. The first-order valence-electron chi connectivity index (χ1n) is 11.1. The van der Waals surface area contributed by atoms with Gasteiger partial charge in [-0.15, -0.1) is 0 Å². The van der Waals surface area contributed by atoms with E-state index in [0.717, 1.165) is 22.1 Å². The van der Waals surface area contributed by atoms with Crippen molar-refractivity contribution in [2.75, 3.05) is 26.1 Å². The van der Waals surface area contributed by atoms with E-state index >= 15 is 0 Å². The molecule has 0 aliphatic rings. The first kappa shape index (κ1) is 24.2. The number of halogens is 1. The zero-order valence-corrected chi connectivity index (χ0v) is 20.5. The van der Waals surface area contributed by atoms with Crippen LogP contribution >= 0.6 is 11.6 Å². The first-order chi connectivity index (χ1) is 17.0. The van der Waals surface area contributed by atoms with Gasteiger partial charge >= 0.3 is 0 Å². The summed E-state index contributed by atoms with van der Waals surface area (Å²) in [5.41, 5.74) is 1.65. The van der Waals surface area contributed by atoms with E-state index in [1.165, 1.54) is 14.2 Å². The summed E-state index contributed by atoms with van der Waals surface area (Å²) in [4.78, 5) is 13.1. The Morgan fingerprint density at radius 2 is 1.60 bits per heavy atom. The van der Waals surface area contributed by atoms with Gasteiger partial charge in [-0.25, -0.2) is 0 Å². The lowest BCUT2D eigenvalue weighted by molar-refractivity contribution is 0.102. The molecule has 4 aromatic rings. The molecular formula is C28H26ClNO5. The number of hydrogen-bond donors (Lipinski definition) is 1. The Labute approximate surface area is 209 Å². The topological polar surface area (TPSA) is 66.0 Å². The van der Waals surface area contributed by atoms with E-state index in [1.54, 1.807) is 30.3 Å². The molecule has 4 rings (SSSR count). The molecule has 0 spiro atoms. The summed E-state index contributed by atoms with van der Waals surface area (Å²) in [6.07, 6.45) is 0. The van der Waals surface area contributed by atoms with Crippen molar-refractivity contribution in [1.29, 1.82) is 0 Å². The quantitative estimate of drug-likeness (QED) is 0.281. The molecule has 0 bridgehead atoms. The van der Waals surface area contributed by atoms with Crippen molar-refractivity contribution in [3.05, 3.63) is 88.9 Å². The van der Waals surface area contributed by atoms with Gasteiger partial charge in [0.05, 0.1) is 31.5 Å². The third-order valence-electron chi connectivity index (χ3n) is 5.46. The van der Waals surface area contributed by atoms with Crippen molar-refractivity contribution in [3.63, 3.8) is 0 Å². The van der Waals surface area contributed by atoms with Gasteiger partial charge in [-0.1, -0.05) is 41.9 Å². The molecule has 0 unspecified atom stereocenters. The third-order valence-corrected chi connectivity index (χ3v) is 5.76. The van der Waals surface area contributed by atoms with Crippen LogP contribution in [0.25, 0.3) is 10.8 Å². The van der Waals surface area contributed by atoms with Gasteiger partial charge < -0.3 is 24.3 Å². The van der Waals surface area contributed by atoms with Gasteiger partial charge in [0, 0.05) is 23.3 Å². The maximum Gasteiger partial charge on any atom is 0.255 e. The van der Waals surface area contributed by atoms with Crippen molar-refractivity contribution in [2.24, 2.45) is 0 Å². The molecule has 35 heavy (non-hydrogen) atoms. The number of fused-ring (bicyclic) bond motifs is 1. The van der Waals surface area contributed by atoms with Crippen LogP contribution in [0, 0.1) is 0 Å². The normalized spacial score (nSPS) is 10.6. The molecule has 0 aliphatic carbocycles. The predicted molar refractivity (Wildman–Crippen MR) is 138 cm³/mol. The van der Waals surface area contributed by atoms with Crippen molar-refractivity contribution in [1.82, 2.24) is 0 Å². The molecule has 0 aliphatic heterocycles. The van der Waals surface area contributed by atoms with Crippen LogP contribution in [0.5, 0.6) is 23.0 Å². The van der Waals surface area contributed by atoms with Crippen molar-refractivity contribution in [3.8, 4) is 23.0 Å². The highest BCUT2D eigenvalue weighted by molar-refractivity contribution is 6.32. The second-order valence-corrected chi connectivity index (χ2v) is 8.10. The number of carbonyl (C=O) groups is 1. The second kappa shape index (κ2) is 11.0. The molecule has 0 saturated carbocycles.